The number of carboxylic acids is 1. The lowest BCUT2D eigenvalue weighted by Gasteiger charge is -2.27. The van der Waals surface area contributed by atoms with Crippen molar-refractivity contribution in [3.8, 4) is 0 Å². The molecule has 30 heavy (non-hydrogen) atoms. The molecular weight excluding hydrogens is 392 g/mol. The standard InChI is InChI=1S/C20H30N4O6/c1-11(2)16(19(29)22-10-15(26)27)23-20(30)17(12(3)25)24-18(28)14(21)9-13-7-5-4-6-8-13/h4-8,11-12,14,16-17,25H,9-10,21H2,1-3H3,(H,22,29)(H,23,30)(H,24,28)(H,26,27). The molecule has 1 rings (SSSR count). The molecular formula is C20H30N4O6. The average Bonchev–Trinajstić information content (AvgIpc) is 2.68. The van der Waals surface area contributed by atoms with Crippen LogP contribution in [0.15, 0.2) is 30.3 Å². The van der Waals surface area contributed by atoms with Crippen molar-refractivity contribution >= 4 is 23.7 Å². The van der Waals surface area contributed by atoms with Gasteiger partial charge in [-0.15, -0.1) is 0 Å². The SMILES string of the molecule is CC(C)C(NC(=O)C(NC(=O)C(N)Cc1ccccc1)C(C)O)C(=O)NCC(=O)O. The van der Waals surface area contributed by atoms with E-state index in [1.165, 1.54) is 6.92 Å². The molecule has 166 valence electrons. The normalized spacial score (nSPS) is 14.9. The van der Waals surface area contributed by atoms with Gasteiger partial charge in [0.25, 0.3) is 0 Å². The summed E-state index contributed by atoms with van der Waals surface area (Å²) in [6, 6.07) is 5.76. The molecule has 0 aromatic heterocycles. The van der Waals surface area contributed by atoms with Gasteiger partial charge >= 0.3 is 5.97 Å². The summed E-state index contributed by atoms with van der Waals surface area (Å²) in [6.07, 6.45) is -1.01. The maximum Gasteiger partial charge on any atom is 0.322 e. The number of aliphatic hydroxyl groups is 1. The van der Waals surface area contributed by atoms with Gasteiger partial charge in [-0.2, -0.15) is 0 Å². The van der Waals surface area contributed by atoms with Gasteiger partial charge in [0, 0.05) is 0 Å². The van der Waals surface area contributed by atoms with E-state index < -0.39 is 54.5 Å². The second-order valence-corrected chi connectivity index (χ2v) is 7.36. The zero-order valence-corrected chi connectivity index (χ0v) is 17.3. The van der Waals surface area contributed by atoms with Crippen LogP contribution in [0.2, 0.25) is 0 Å². The summed E-state index contributed by atoms with van der Waals surface area (Å²) < 4.78 is 0. The number of nitrogens with two attached hydrogens (primary N) is 1. The van der Waals surface area contributed by atoms with E-state index in [1.807, 2.05) is 30.3 Å². The summed E-state index contributed by atoms with van der Waals surface area (Å²) in [5.41, 5.74) is 6.76. The van der Waals surface area contributed by atoms with Gasteiger partial charge in [0.15, 0.2) is 0 Å². The molecule has 0 saturated carbocycles. The van der Waals surface area contributed by atoms with Gasteiger partial charge < -0.3 is 31.9 Å². The van der Waals surface area contributed by atoms with Crippen molar-refractivity contribution in [1.82, 2.24) is 16.0 Å². The van der Waals surface area contributed by atoms with Gasteiger partial charge in [-0.3, -0.25) is 19.2 Å². The number of carbonyl (C=O) groups is 4. The lowest BCUT2D eigenvalue weighted by atomic mass is 10.0. The van der Waals surface area contributed by atoms with Crippen LogP contribution in [0.1, 0.15) is 26.3 Å². The molecule has 1 aromatic carbocycles. The van der Waals surface area contributed by atoms with Gasteiger partial charge in [0.05, 0.1) is 12.1 Å². The van der Waals surface area contributed by atoms with E-state index in [9.17, 15) is 24.3 Å². The van der Waals surface area contributed by atoms with Crippen molar-refractivity contribution in [3.05, 3.63) is 35.9 Å². The molecule has 10 heteroatoms. The molecule has 3 amide bonds. The second kappa shape index (κ2) is 11.9. The number of benzene rings is 1. The lowest BCUT2D eigenvalue weighted by molar-refractivity contribution is -0.139. The van der Waals surface area contributed by atoms with Crippen LogP contribution >= 0.6 is 0 Å². The third-order valence-electron chi connectivity index (χ3n) is 4.36. The molecule has 4 atom stereocenters. The Morgan fingerprint density at radius 1 is 0.933 bits per heavy atom. The van der Waals surface area contributed by atoms with E-state index in [0.717, 1.165) is 5.56 Å². The zero-order valence-electron chi connectivity index (χ0n) is 17.3. The minimum atomic E-state index is -1.34. The van der Waals surface area contributed by atoms with Gasteiger partial charge in [-0.05, 0) is 24.8 Å². The van der Waals surface area contributed by atoms with E-state index in [4.69, 9.17) is 10.8 Å². The number of hydrogen-bond acceptors (Lipinski definition) is 6. The number of nitrogens with one attached hydrogen (secondary N) is 3. The number of carboxylic acid groups (broad SMARTS) is 1. The van der Waals surface area contributed by atoms with Crippen LogP contribution in [0, 0.1) is 5.92 Å². The van der Waals surface area contributed by atoms with Crippen molar-refractivity contribution in [2.75, 3.05) is 6.54 Å². The first-order chi connectivity index (χ1) is 14.0. The molecule has 0 radical (unpaired) electrons. The summed E-state index contributed by atoms with van der Waals surface area (Å²) in [7, 11) is 0. The van der Waals surface area contributed by atoms with Crippen LogP contribution in [-0.2, 0) is 25.6 Å². The molecule has 0 aliphatic rings. The summed E-state index contributed by atoms with van der Waals surface area (Å²) in [5, 5.41) is 25.7. The summed E-state index contributed by atoms with van der Waals surface area (Å²) in [5.74, 6) is -3.69. The van der Waals surface area contributed by atoms with Crippen molar-refractivity contribution < 1.29 is 29.4 Å². The van der Waals surface area contributed by atoms with Gasteiger partial charge in [-0.1, -0.05) is 44.2 Å². The smallest absolute Gasteiger partial charge is 0.322 e. The number of aliphatic hydroxyl groups excluding tert-OH is 1. The van der Waals surface area contributed by atoms with E-state index >= 15 is 0 Å². The zero-order chi connectivity index (χ0) is 22.8. The predicted molar refractivity (Wildman–Crippen MR) is 109 cm³/mol. The van der Waals surface area contributed by atoms with Gasteiger partial charge in [0.1, 0.15) is 18.6 Å². The Morgan fingerprint density at radius 2 is 1.50 bits per heavy atom. The van der Waals surface area contributed by atoms with Crippen LogP contribution in [0.25, 0.3) is 0 Å². The Bertz CT molecular complexity index is 738. The van der Waals surface area contributed by atoms with Gasteiger partial charge in [-0.25, -0.2) is 0 Å². The number of hydrogen-bond donors (Lipinski definition) is 6. The summed E-state index contributed by atoms with van der Waals surface area (Å²) in [6.45, 7) is 4.05. The molecule has 1 aromatic rings. The van der Waals surface area contributed by atoms with E-state index in [0.29, 0.717) is 0 Å². The third kappa shape index (κ3) is 8.18. The van der Waals surface area contributed by atoms with Crippen molar-refractivity contribution in [2.45, 2.75) is 51.4 Å². The van der Waals surface area contributed by atoms with Crippen LogP contribution in [0.4, 0.5) is 0 Å². The molecule has 10 nitrogen and oxygen atoms in total. The molecule has 0 aliphatic carbocycles. The first kappa shape index (κ1) is 25.1. The highest BCUT2D eigenvalue weighted by Gasteiger charge is 2.32. The molecule has 0 spiro atoms. The number of carbonyl (C=O) groups excluding carboxylic acids is 3. The van der Waals surface area contributed by atoms with E-state index in [-0.39, 0.29) is 12.3 Å². The van der Waals surface area contributed by atoms with Crippen molar-refractivity contribution in [2.24, 2.45) is 11.7 Å². The fraction of sp³-hybridized carbons (Fsp3) is 0.500. The Kier molecular flexibility index (Phi) is 9.93. The molecule has 0 aliphatic heterocycles. The monoisotopic (exact) mass is 422 g/mol. The fourth-order valence-corrected chi connectivity index (χ4v) is 2.68. The first-order valence-electron chi connectivity index (χ1n) is 9.60. The van der Waals surface area contributed by atoms with Crippen molar-refractivity contribution in [1.29, 1.82) is 0 Å². The maximum atomic E-state index is 12.6. The minimum absolute atomic E-state index is 0.243. The van der Waals surface area contributed by atoms with Crippen LogP contribution in [-0.4, -0.2) is 64.7 Å². The quantitative estimate of drug-likeness (QED) is 0.259. The Hall–Kier alpha value is -2.98. The Morgan fingerprint density at radius 3 is 2.00 bits per heavy atom. The molecule has 4 unspecified atom stereocenters. The van der Waals surface area contributed by atoms with Gasteiger partial charge in [0.2, 0.25) is 17.7 Å². The largest absolute Gasteiger partial charge is 0.480 e. The third-order valence-corrected chi connectivity index (χ3v) is 4.36. The highest BCUT2D eigenvalue weighted by molar-refractivity contribution is 5.94. The average molecular weight is 422 g/mol. The molecule has 0 heterocycles. The molecule has 7 N–H and O–H groups in total. The topological polar surface area (TPSA) is 171 Å². The minimum Gasteiger partial charge on any atom is -0.480 e. The van der Waals surface area contributed by atoms with Crippen LogP contribution < -0.4 is 21.7 Å². The Labute approximate surface area is 175 Å². The van der Waals surface area contributed by atoms with E-state index in [1.54, 1.807) is 13.8 Å². The molecule has 0 bridgehead atoms. The second-order valence-electron chi connectivity index (χ2n) is 7.36. The Balaban J connectivity index is 2.79. The highest BCUT2D eigenvalue weighted by atomic mass is 16.4. The van der Waals surface area contributed by atoms with Crippen LogP contribution in [0.3, 0.4) is 0 Å². The first-order valence-corrected chi connectivity index (χ1v) is 9.60. The summed E-state index contributed by atoms with van der Waals surface area (Å²) in [4.78, 5) is 47.9. The summed E-state index contributed by atoms with van der Waals surface area (Å²) >= 11 is 0. The van der Waals surface area contributed by atoms with Crippen molar-refractivity contribution in [3.63, 3.8) is 0 Å². The number of amides is 3. The van der Waals surface area contributed by atoms with E-state index in [2.05, 4.69) is 16.0 Å². The maximum absolute atomic E-state index is 12.6. The fourth-order valence-electron chi connectivity index (χ4n) is 2.68. The molecule has 0 saturated heterocycles. The lowest BCUT2D eigenvalue weighted by Crippen LogP contribution is -2.60. The number of rotatable bonds is 11. The predicted octanol–water partition coefficient (Wildman–Crippen LogP) is -1.24. The molecule has 0 fully saturated rings. The highest BCUT2D eigenvalue weighted by Crippen LogP contribution is 2.06. The number of aliphatic carboxylic acids is 1. The van der Waals surface area contributed by atoms with Crippen LogP contribution in [0.5, 0.6) is 0 Å².